The van der Waals surface area contributed by atoms with E-state index in [0.717, 1.165) is 11.6 Å². The van der Waals surface area contributed by atoms with E-state index in [1.807, 2.05) is 24.3 Å². The Kier molecular flexibility index (Phi) is 3.46. The van der Waals surface area contributed by atoms with E-state index >= 15 is 0 Å². The van der Waals surface area contributed by atoms with Crippen molar-refractivity contribution in [2.75, 3.05) is 11.9 Å². The summed E-state index contributed by atoms with van der Waals surface area (Å²) in [4.78, 5) is 24.8. The smallest absolute Gasteiger partial charge is 0.242 e. The molecule has 2 N–H and O–H groups in total. The van der Waals surface area contributed by atoms with Crippen molar-refractivity contribution in [3.8, 4) is 11.4 Å². The lowest BCUT2D eigenvalue weighted by Crippen LogP contribution is -2.30. The van der Waals surface area contributed by atoms with E-state index in [1.165, 1.54) is 16.8 Å². The monoisotopic (exact) mass is 363 g/mol. The second-order valence-electron chi connectivity index (χ2n) is 6.26. The summed E-state index contributed by atoms with van der Waals surface area (Å²) in [6, 6.07) is 8.62. The maximum absolute atomic E-state index is 14.2. The summed E-state index contributed by atoms with van der Waals surface area (Å²) in [6.45, 7) is 0.609. The Morgan fingerprint density at radius 3 is 2.93 bits per heavy atom. The summed E-state index contributed by atoms with van der Waals surface area (Å²) in [7, 11) is 0. The molecular weight excluding hydrogens is 349 g/mol. The van der Waals surface area contributed by atoms with Crippen LogP contribution in [0.2, 0.25) is 0 Å². The van der Waals surface area contributed by atoms with E-state index in [-0.39, 0.29) is 17.3 Å². The summed E-state index contributed by atoms with van der Waals surface area (Å²) >= 11 is 0. The SMILES string of the molecule is O=C1NCC[C@H]1Nc1nc2ccccc2c2nc(-c3ccncc3F)nn12. The van der Waals surface area contributed by atoms with Crippen LogP contribution in [0.15, 0.2) is 42.7 Å². The Hall–Kier alpha value is -3.62. The fraction of sp³-hybridized carbons (Fsp3) is 0.167. The van der Waals surface area contributed by atoms with Gasteiger partial charge in [-0.2, -0.15) is 4.52 Å². The number of hydrogen-bond acceptors (Lipinski definition) is 6. The number of rotatable bonds is 3. The molecule has 1 saturated heterocycles. The van der Waals surface area contributed by atoms with Crippen LogP contribution in [0.3, 0.4) is 0 Å². The first-order valence-electron chi connectivity index (χ1n) is 8.50. The lowest BCUT2D eigenvalue weighted by atomic mass is 10.2. The van der Waals surface area contributed by atoms with Gasteiger partial charge in [-0.25, -0.2) is 14.4 Å². The number of pyridine rings is 1. The van der Waals surface area contributed by atoms with Gasteiger partial charge < -0.3 is 10.6 Å². The summed E-state index contributed by atoms with van der Waals surface area (Å²) in [6.07, 6.45) is 3.26. The molecule has 3 aromatic heterocycles. The number of benzene rings is 1. The molecule has 4 heterocycles. The molecule has 0 unspecified atom stereocenters. The Morgan fingerprint density at radius 1 is 1.22 bits per heavy atom. The highest BCUT2D eigenvalue weighted by Gasteiger charge is 2.26. The average Bonchev–Trinajstić information content (AvgIpc) is 3.29. The maximum Gasteiger partial charge on any atom is 0.242 e. The molecule has 0 radical (unpaired) electrons. The third kappa shape index (κ3) is 2.55. The van der Waals surface area contributed by atoms with E-state index in [2.05, 4.69) is 30.7 Å². The lowest BCUT2D eigenvalue weighted by molar-refractivity contribution is -0.119. The normalized spacial score (nSPS) is 16.8. The van der Waals surface area contributed by atoms with Crippen LogP contribution in [0.25, 0.3) is 27.9 Å². The number of amides is 1. The van der Waals surface area contributed by atoms with Crippen molar-refractivity contribution in [3.05, 3.63) is 48.5 Å². The van der Waals surface area contributed by atoms with E-state index in [1.54, 1.807) is 0 Å². The van der Waals surface area contributed by atoms with Gasteiger partial charge in [0.2, 0.25) is 11.9 Å². The average molecular weight is 363 g/mol. The van der Waals surface area contributed by atoms with Crippen LogP contribution in [0.4, 0.5) is 10.3 Å². The minimum absolute atomic E-state index is 0.0846. The zero-order valence-electron chi connectivity index (χ0n) is 14.1. The van der Waals surface area contributed by atoms with Gasteiger partial charge in [-0.1, -0.05) is 12.1 Å². The van der Waals surface area contributed by atoms with Crippen molar-refractivity contribution in [2.45, 2.75) is 12.5 Å². The third-order valence-corrected chi connectivity index (χ3v) is 4.54. The Bertz CT molecular complexity index is 1190. The molecule has 0 spiro atoms. The number of nitrogens with zero attached hydrogens (tertiary/aromatic N) is 5. The molecule has 9 heteroatoms. The van der Waals surface area contributed by atoms with E-state index in [9.17, 15) is 9.18 Å². The van der Waals surface area contributed by atoms with Crippen LogP contribution in [0.1, 0.15) is 6.42 Å². The molecule has 0 bridgehead atoms. The van der Waals surface area contributed by atoms with Crippen LogP contribution in [0, 0.1) is 5.82 Å². The van der Waals surface area contributed by atoms with Gasteiger partial charge in [0.15, 0.2) is 17.3 Å². The molecule has 8 nitrogen and oxygen atoms in total. The van der Waals surface area contributed by atoms with Crippen LogP contribution >= 0.6 is 0 Å². The van der Waals surface area contributed by atoms with Crippen molar-refractivity contribution in [1.29, 1.82) is 0 Å². The summed E-state index contributed by atoms with van der Waals surface area (Å²) < 4.78 is 15.7. The number of carbonyl (C=O) groups excluding carboxylic acids is 1. The first kappa shape index (κ1) is 15.6. The van der Waals surface area contributed by atoms with E-state index in [0.29, 0.717) is 30.1 Å². The highest BCUT2D eigenvalue weighted by Crippen LogP contribution is 2.25. The zero-order valence-corrected chi connectivity index (χ0v) is 14.1. The second-order valence-corrected chi connectivity index (χ2v) is 6.26. The fourth-order valence-corrected chi connectivity index (χ4v) is 3.21. The maximum atomic E-state index is 14.2. The number of aromatic nitrogens is 5. The number of carbonyl (C=O) groups is 1. The van der Waals surface area contributed by atoms with Crippen LogP contribution < -0.4 is 10.6 Å². The minimum Gasteiger partial charge on any atom is -0.354 e. The van der Waals surface area contributed by atoms with Crippen LogP contribution in [0.5, 0.6) is 0 Å². The number of halogens is 1. The largest absolute Gasteiger partial charge is 0.354 e. The molecule has 1 aromatic carbocycles. The topological polar surface area (TPSA) is 97.1 Å². The summed E-state index contributed by atoms with van der Waals surface area (Å²) in [5.74, 6) is 0.0277. The van der Waals surface area contributed by atoms with E-state index < -0.39 is 11.9 Å². The van der Waals surface area contributed by atoms with Gasteiger partial charge in [0.1, 0.15) is 6.04 Å². The number of fused-ring (bicyclic) bond motifs is 3. The van der Waals surface area contributed by atoms with Gasteiger partial charge >= 0.3 is 0 Å². The molecule has 1 aliphatic heterocycles. The Morgan fingerprint density at radius 2 is 2.11 bits per heavy atom. The molecule has 1 aliphatic rings. The fourth-order valence-electron chi connectivity index (χ4n) is 3.21. The predicted molar refractivity (Wildman–Crippen MR) is 96.5 cm³/mol. The molecule has 1 atom stereocenters. The van der Waals surface area contributed by atoms with Crippen LogP contribution in [-0.2, 0) is 4.79 Å². The van der Waals surface area contributed by atoms with Crippen molar-refractivity contribution in [2.24, 2.45) is 0 Å². The van der Waals surface area contributed by atoms with Crippen molar-refractivity contribution < 1.29 is 9.18 Å². The Labute approximate surface area is 152 Å². The predicted octanol–water partition coefficient (Wildman–Crippen LogP) is 1.78. The molecule has 5 rings (SSSR count). The quantitative estimate of drug-likeness (QED) is 0.576. The molecule has 134 valence electrons. The minimum atomic E-state index is -0.504. The molecule has 0 saturated carbocycles. The molecular formula is C18H14FN7O. The van der Waals surface area contributed by atoms with Crippen LogP contribution in [-0.4, -0.2) is 43.1 Å². The second kappa shape index (κ2) is 5.97. The van der Waals surface area contributed by atoms with Gasteiger partial charge in [0.05, 0.1) is 17.3 Å². The molecule has 4 aromatic rings. The zero-order chi connectivity index (χ0) is 18.4. The van der Waals surface area contributed by atoms with E-state index in [4.69, 9.17) is 0 Å². The van der Waals surface area contributed by atoms with Gasteiger partial charge in [0.25, 0.3) is 0 Å². The third-order valence-electron chi connectivity index (χ3n) is 4.54. The highest BCUT2D eigenvalue weighted by atomic mass is 19.1. The van der Waals surface area contributed by atoms with Crippen molar-refractivity contribution >= 4 is 28.4 Å². The van der Waals surface area contributed by atoms with Crippen molar-refractivity contribution in [1.82, 2.24) is 29.9 Å². The summed E-state index contributed by atoms with van der Waals surface area (Å²) in [5.41, 5.74) is 1.50. The van der Waals surface area contributed by atoms with Gasteiger partial charge in [-0.05, 0) is 24.6 Å². The summed E-state index contributed by atoms with van der Waals surface area (Å²) in [5, 5.41) is 11.1. The number of para-hydroxylation sites is 1. The van der Waals surface area contributed by atoms with Crippen molar-refractivity contribution in [3.63, 3.8) is 0 Å². The standard InChI is InChI=1S/C18H14FN7O/c19-12-9-20-7-5-10(12)15-24-16-11-3-1-2-4-13(11)22-18(26(16)25-15)23-14-6-8-21-17(14)27/h1-5,7,9,14H,6,8H2,(H,21,27)(H,22,23)/t14-/m1/s1. The number of anilines is 1. The first-order valence-corrected chi connectivity index (χ1v) is 8.50. The molecule has 0 aliphatic carbocycles. The first-order chi connectivity index (χ1) is 13.2. The lowest BCUT2D eigenvalue weighted by Gasteiger charge is -2.12. The molecule has 1 fully saturated rings. The molecule has 27 heavy (non-hydrogen) atoms. The van der Waals surface area contributed by atoms with Gasteiger partial charge in [-0.15, -0.1) is 5.10 Å². The Balaban J connectivity index is 1.73. The highest BCUT2D eigenvalue weighted by molar-refractivity contribution is 5.93. The number of hydrogen-bond donors (Lipinski definition) is 2. The van der Waals surface area contributed by atoms with Gasteiger partial charge in [0, 0.05) is 18.1 Å². The van der Waals surface area contributed by atoms with Gasteiger partial charge in [-0.3, -0.25) is 9.78 Å². The molecule has 1 amide bonds. The number of nitrogens with one attached hydrogen (secondary N) is 2.